The van der Waals surface area contributed by atoms with Crippen molar-refractivity contribution < 1.29 is 9.59 Å². The van der Waals surface area contributed by atoms with E-state index in [2.05, 4.69) is 160 Å². The molecule has 10 rings (SSSR count). The lowest BCUT2D eigenvalue weighted by Crippen LogP contribution is -2.32. The van der Waals surface area contributed by atoms with Crippen molar-refractivity contribution in [2.24, 2.45) is 23.7 Å². The van der Waals surface area contributed by atoms with E-state index in [1.807, 2.05) is 22.2 Å². The standard InChI is InChI=1S/C72H90Br2N2O2/c1-9-17-21-23-27-49(15-7)45-72(46-50(16-8)28-24-22-18-10-2)62-40-54(74)30-32-56(62)60-38-52-34-36-76-68(58(52)42-64(60)72)66-65(69(76)77)67-57-41-63-59(37-51(57)33-35-75(67)70(66)78)55-31-29-53(73)39-61(55)71(63,43-47(13-5)25-19-11-3)44-48(14-6)26-20-12-4/h29-42,47-50H,9-28,43-46H2,1-8H3. The van der Waals surface area contributed by atoms with Crippen LogP contribution in [0.5, 0.6) is 0 Å². The average Bonchev–Trinajstić information content (AvgIpc) is 3.93. The molecule has 4 atom stereocenters. The fourth-order valence-electron chi connectivity index (χ4n) is 15.7. The van der Waals surface area contributed by atoms with Gasteiger partial charge in [0.05, 0.1) is 22.5 Å². The van der Waals surface area contributed by atoms with Crippen LogP contribution in [0.1, 0.15) is 254 Å². The molecule has 414 valence electrons. The Labute approximate surface area is 487 Å². The van der Waals surface area contributed by atoms with Crippen LogP contribution in [0, 0.1) is 23.7 Å². The van der Waals surface area contributed by atoms with E-state index >= 15 is 9.59 Å². The highest BCUT2D eigenvalue weighted by Crippen LogP contribution is 2.62. The van der Waals surface area contributed by atoms with E-state index in [1.54, 1.807) is 0 Å². The SMILES string of the molecule is CCCCCCC(CC)CC1(CC(CC)CCCCCC)c2cc(Br)ccc2-c2cc3c(cc21)C1=C2C(=O)N4C=Cc5cc6c(cc5C4=C2C(=O)N1C=C3)C(CC(CC)CCCC)(CC(CC)CCCC)c1cc(Br)ccc1-6. The minimum Gasteiger partial charge on any atom is -0.282 e. The van der Waals surface area contributed by atoms with Crippen molar-refractivity contribution in [2.75, 3.05) is 0 Å². The second-order valence-electron chi connectivity index (χ2n) is 24.8. The lowest BCUT2D eigenvalue weighted by molar-refractivity contribution is -0.122. The number of amides is 2. The Balaban J connectivity index is 1.15. The fourth-order valence-corrected chi connectivity index (χ4v) is 16.4. The zero-order valence-corrected chi connectivity index (χ0v) is 52.0. The van der Waals surface area contributed by atoms with Crippen LogP contribution in [0.4, 0.5) is 0 Å². The fraction of sp³-hybridized carbons (Fsp3) is 0.528. The number of hydrogen-bond acceptors (Lipinski definition) is 2. The topological polar surface area (TPSA) is 40.6 Å². The molecule has 4 aromatic carbocycles. The van der Waals surface area contributed by atoms with Gasteiger partial charge in [-0.05, 0) is 166 Å². The summed E-state index contributed by atoms with van der Waals surface area (Å²) in [5.41, 5.74) is 17.4. The highest BCUT2D eigenvalue weighted by atomic mass is 79.9. The minimum atomic E-state index is -0.207. The molecule has 2 amide bonds. The monoisotopic (exact) mass is 1170 g/mol. The van der Waals surface area contributed by atoms with Crippen molar-refractivity contribution in [3.05, 3.63) is 138 Å². The number of carbonyl (C=O) groups excluding carboxylic acids is 2. The van der Waals surface area contributed by atoms with Crippen LogP contribution in [0.3, 0.4) is 0 Å². The van der Waals surface area contributed by atoms with Crippen molar-refractivity contribution in [3.63, 3.8) is 0 Å². The summed E-state index contributed by atoms with van der Waals surface area (Å²) in [6.07, 6.45) is 37.3. The second kappa shape index (κ2) is 24.4. The molecule has 0 N–H and O–H groups in total. The van der Waals surface area contributed by atoms with Crippen LogP contribution in [0.2, 0.25) is 0 Å². The maximum absolute atomic E-state index is 15.6. The molecule has 0 saturated heterocycles. The van der Waals surface area contributed by atoms with Crippen LogP contribution < -0.4 is 0 Å². The Morgan fingerprint density at radius 3 is 1.09 bits per heavy atom. The average molecular weight is 1180 g/mol. The van der Waals surface area contributed by atoms with Gasteiger partial charge in [-0.25, -0.2) is 0 Å². The second-order valence-corrected chi connectivity index (χ2v) is 26.7. The van der Waals surface area contributed by atoms with Crippen molar-refractivity contribution in [1.82, 2.24) is 9.80 Å². The molecule has 78 heavy (non-hydrogen) atoms. The van der Waals surface area contributed by atoms with E-state index in [0.717, 1.165) is 94.0 Å². The van der Waals surface area contributed by atoms with Gasteiger partial charge in [-0.3, -0.25) is 19.4 Å². The summed E-state index contributed by atoms with van der Waals surface area (Å²) < 4.78 is 2.26. The van der Waals surface area contributed by atoms with E-state index in [9.17, 15) is 0 Å². The van der Waals surface area contributed by atoms with E-state index in [0.29, 0.717) is 34.8 Å². The number of carbonyl (C=O) groups is 2. The van der Waals surface area contributed by atoms with Gasteiger partial charge in [0.1, 0.15) is 0 Å². The van der Waals surface area contributed by atoms with Crippen LogP contribution in [0.15, 0.2) is 93.2 Å². The number of nitrogens with zero attached hydrogens (tertiary/aromatic N) is 2. The lowest BCUT2D eigenvalue weighted by atomic mass is 9.65. The van der Waals surface area contributed by atoms with E-state index in [-0.39, 0.29) is 22.6 Å². The van der Waals surface area contributed by atoms with Gasteiger partial charge >= 0.3 is 0 Å². The summed E-state index contributed by atoms with van der Waals surface area (Å²) in [7, 11) is 0. The summed E-state index contributed by atoms with van der Waals surface area (Å²) in [5.74, 6) is 2.13. The lowest BCUT2D eigenvalue weighted by Gasteiger charge is -2.39. The van der Waals surface area contributed by atoms with Gasteiger partial charge < -0.3 is 0 Å². The van der Waals surface area contributed by atoms with Crippen molar-refractivity contribution in [2.45, 2.75) is 220 Å². The quantitative estimate of drug-likeness (QED) is 0.0532. The van der Waals surface area contributed by atoms with Crippen molar-refractivity contribution >= 4 is 67.2 Å². The van der Waals surface area contributed by atoms with E-state index in [1.165, 1.54) is 147 Å². The van der Waals surface area contributed by atoms with Gasteiger partial charge in [0, 0.05) is 43.3 Å². The summed E-state index contributed by atoms with van der Waals surface area (Å²) in [6.45, 7) is 18.9. The zero-order valence-electron chi connectivity index (χ0n) is 48.8. The summed E-state index contributed by atoms with van der Waals surface area (Å²) >= 11 is 7.97. The van der Waals surface area contributed by atoms with Crippen LogP contribution in [-0.4, -0.2) is 21.6 Å². The Bertz CT molecular complexity index is 3000. The number of unbranched alkanes of at least 4 members (excludes halogenated alkanes) is 8. The van der Waals surface area contributed by atoms with Gasteiger partial charge in [-0.2, -0.15) is 0 Å². The summed E-state index contributed by atoms with van der Waals surface area (Å²) in [4.78, 5) is 34.9. The zero-order chi connectivity index (χ0) is 54.9. The van der Waals surface area contributed by atoms with Crippen molar-refractivity contribution in [3.8, 4) is 22.3 Å². The first-order valence-electron chi connectivity index (χ1n) is 31.4. The Kier molecular flexibility index (Phi) is 17.9. The first kappa shape index (κ1) is 57.0. The molecule has 0 saturated carbocycles. The molecular formula is C72H90Br2N2O2. The molecule has 0 spiro atoms. The Hall–Kier alpha value is -4.26. The van der Waals surface area contributed by atoms with Gasteiger partial charge in [-0.15, -0.1) is 0 Å². The predicted octanol–water partition coefficient (Wildman–Crippen LogP) is 21.5. The number of benzene rings is 4. The summed E-state index contributed by atoms with van der Waals surface area (Å²) in [6, 6.07) is 23.9. The molecular weight excluding hydrogens is 1080 g/mol. The van der Waals surface area contributed by atoms with Gasteiger partial charge in [0.2, 0.25) is 0 Å². The maximum atomic E-state index is 15.6. The predicted molar refractivity (Wildman–Crippen MR) is 336 cm³/mol. The van der Waals surface area contributed by atoms with E-state index < -0.39 is 0 Å². The molecule has 4 aliphatic heterocycles. The number of hydrogen-bond donors (Lipinski definition) is 0. The molecule has 0 aromatic heterocycles. The Morgan fingerprint density at radius 1 is 0.397 bits per heavy atom. The summed E-state index contributed by atoms with van der Waals surface area (Å²) in [5, 5.41) is 0. The first-order chi connectivity index (χ1) is 37.9. The molecule has 2 aliphatic carbocycles. The first-order valence-corrected chi connectivity index (χ1v) is 33.0. The molecule has 4 aromatic rings. The molecule has 6 aliphatic rings. The van der Waals surface area contributed by atoms with Gasteiger partial charge in [-0.1, -0.05) is 228 Å². The smallest absolute Gasteiger partial charge is 0.265 e. The molecule has 0 bridgehead atoms. The number of rotatable bonds is 28. The molecule has 0 fully saturated rings. The molecule has 0 radical (unpaired) electrons. The number of halogens is 2. The third-order valence-electron chi connectivity index (χ3n) is 20.1. The van der Waals surface area contributed by atoms with Gasteiger partial charge in [0.25, 0.3) is 11.8 Å². The Morgan fingerprint density at radius 2 is 0.744 bits per heavy atom. The van der Waals surface area contributed by atoms with Crippen LogP contribution >= 0.6 is 31.9 Å². The van der Waals surface area contributed by atoms with Crippen molar-refractivity contribution in [1.29, 1.82) is 0 Å². The molecule has 4 unspecified atom stereocenters. The van der Waals surface area contributed by atoms with Gasteiger partial charge in [0.15, 0.2) is 0 Å². The number of fused-ring (bicyclic) bond motifs is 13. The largest absolute Gasteiger partial charge is 0.282 e. The third kappa shape index (κ3) is 10.2. The minimum absolute atomic E-state index is 0.0977. The maximum Gasteiger partial charge on any atom is 0.265 e. The van der Waals surface area contributed by atoms with E-state index in [4.69, 9.17) is 0 Å². The highest BCUT2D eigenvalue weighted by molar-refractivity contribution is 9.10. The molecule has 4 heterocycles. The molecule has 4 nitrogen and oxygen atoms in total. The van der Waals surface area contributed by atoms with Crippen LogP contribution in [-0.2, 0) is 20.4 Å². The molecule has 6 heteroatoms. The normalized spacial score (nSPS) is 20.6. The highest BCUT2D eigenvalue weighted by Gasteiger charge is 2.53. The van der Waals surface area contributed by atoms with Crippen LogP contribution in [0.25, 0.3) is 45.8 Å². The third-order valence-corrected chi connectivity index (χ3v) is 21.1.